The normalized spacial score (nSPS) is 10.7. The maximum atomic E-state index is 13.0. The van der Waals surface area contributed by atoms with E-state index in [1.807, 2.05) is 0 Å². The van der Waals surface area contributed by atoms with E-state index in [0.717, 1.165) is 6.20 Å². The van der Waals surface area contributed by atoms with Crippen LogP contribution in [0.5, 0.6) is 11.5 Å². The highest BCUT2D eigenvalue weighted by Gasteiger charge is 2.15. The van der Waals surface area contributed by atoms with E-state index in [9.17, 15) is 9.18 Å². The molecular weight excluding hydrogens is 351 g/mol. The summed E-state index contributed by atoms with van der Waals surface area (Å²) < 4.78 is 20.4. The zero-order valence-corrected chi connectivity index (χ0v) is 14.1. The molecule has 1 amide bonds. The van der Waals surface area contributed by atoms with Gasteiger partial charge in [-0.2, -0.15) is 0 Å². The molecule has 1 N–H and O–H groups in total. The van der Waals surface area contributed by atoms with E-state index in [0.29, 0.717) is 23.0 Å². The van der Waals surface area contributed by atoms with Gasteiger partial charge in [-0.15, -0.1) is 0 Å². The van der Waals surface area contributed by atoms with Gasteiger partial charge in [0.2, 0.25) is 0 Å². The molecule has 4 rings (SSSR count). The van der Waals surface area contributed by atoms with Gasteiger partial charge in [0.1, 0.15) is 28.9 Å². The quantitative estimate of drug-likeness (QED) is 0.598. The fourth-order valence-corrected chi connectivity index (χ4v) is 2.43. The molecule has 0 saturated carbocycles. The van der Waals surface area contributed by atoms with Gasteiger partial charge in [-0.05, 0) is 25.1 Å². The molecule has 134 valence electrons. The van der Waals surface area contributed by atoms with Gasteiger partial charge in [-0.1, -0.05) is 0 Å². The van der Waals surface area contributed by atoms with Crippen molar-refractivity contribution in [2.24, 2.45) is 0 Å². The second-order valence-electron chi connectivity index (χ2n) is 5.63. The lowest BCUT2D eigenvalue weighted by Crippen LogP contribution is -2.14. The van der Waals surface area contributed by atoms with Crippen molar-refractivity contribution in [1.29, 1.82) is 0 Å². The number of nitrogens with one attached hydrogen (secondary N) is 1. The van der Waals surface area contributed by atoms with Crippen LogP contribution < -0.4 is 10.1 Å². The smallest absolute Gasteiger partial charge is 0.260 e. The van der Waals surface area contributed by atoms with Gasteiger partial charge in [0.05, 0.1) is 30.4 Å². The molecule has 0 radical (unpaired) electrons. The fraction of sp³-hybridized carbons (Fsp3) is 0.0556. The Morgan fingerprint density at radius 1 is 1.11 bits per heavy atom. The van der Waals surface area contributed by atoms with E-state index < -0.39 is 11.7 Å². The Labute approximate surface area is 152 Å². The number of hydrogen-bond acceptors (Lipinski definition) is 6. The molecule has 0 aliphatic carbocycles. The van der Waals surface area contributed by atoms with Crippen molar-refractivity contribution in [3.63, 3.8) is 0 Å². The van der Waals surface area contributed by atoms with Crippen LogP contribution in [-0.4, -0.2) is 30.2 Å². The molecule has 4 aromatic heterocycles. The van der Waals surface area contributed by atoms with Crippen molar-refractivity contribution in [3.8, 4) is 11.5 Å². The van der Waals surface area contributed by atoms with Crippen molar-refractivity contribution in [3.05, 3.63) is 72.6 Å². The summed E-state index contributed by atoms with van der Waals surface area (Å²) in [7, 11) is 0. The number of halogens is 1. The van der Waals surface area contributed by atoms with Crippen LogP contribution in [0.15, 0.2) is 55.4 Å². The number of ether oxygens (including phenoxy) is 1. The summed E-state index contributed by atoms with van der Waals surface area (Å²) in [6.07, 6.45) is 9.07. The molecule has 0 aromatic carbocycles. The number of carbonyl (C=O) groups is 1. The van der Waals surface area contributed by atoms with Crippen LogP contribution in [0.2, 0.25) is 0 Å². The molecule has 0 unspecified atom stereocenters. The molecule has 9 heteroatoms. The number of amides is 1. The summed E-state index contributed by atoms with van der Waals surface area (Å²) in [6.45, 7) is 1.77. The molecule has 27 heavy (non-hydrogen) atoms. The third kappa shape index (κ3) is 3.56. The van der Waals surface area contributed by atoms with E-state index >= 15 is 0 Å². The number of fused-ring (bicyclic) bond motifs is 1. The van der Waals surface area contributed by atoms with E-state index in [1.165, 1.54) is 12.1 Å². The van der Waals surface area contributed by atoms with Crippen molar-refractivity contribution >= 4 is 17.4 Å². The van der Waals surface area contributed by atoms with Crippen LogP contribution in [0.3, 0.4) is 0 Å². The highest BCUT2D eigenvalue weighted by molar-refractivity contribution is 6.08. The van der Waals surface area contributed by atoms with Crippen LogP contribution in [0.4, 0.5) is 10.2 Å². The molecule has 0 aliphatic heterocycles. The Hall–Kier alpha value is -3.88. The third-order valence-electron chi connectivity index (χ3n) is 3.67. The monoisotopic (exact) mass is 364 g/mol. The molecule has 0 aliphatic rings. The molecule has 0 spiro atoms. The second kappa shape index (κ2) is 6.79. The van der Waals surface area contributed by atoms with Gasteiger partial charge in [-0.3, -0.25) is 4.79 Å². The highest BCUT2D eigenvalue weighted by Crippen LogP contribution is 2.24. The number of aryl methyl sites for hydroxylation is 1. The van der Waals surface area contributed by atoms with Crippen LogP contribution in [0, 0.1) is 12.7 Å². The van der Waals surface area contributed by atoms with E-state index in [4.69, 9.17) is 4.74 Å². The molecule has 8 nitrogen and oxygen atoms in total. The lowest BCUT2D eigenvalue weighted by molar-refractivity contribution is 0.102. The Balaban J connectivity index is 1.66. The largest absolute Gasteiger partial charge is 0.453 e. The van der Waals surface area contributed by atoms with Crippen molar-refractivity contribution in [1.82, 2.24) is 24.3 Å². The summed E-state index contributed by atoms with van der Waals surface area (Å²) in [5.41, 5.74) is 0.721. The average Bonchev–Trinajstić information content (AvgIpc) is 3.13. The minimum atomic E-state index is -0.487. The third-order valence-corrected chi connectivity index (χ3v) is 3.67. The maximum absolute atomic E-state index is 13.0. The first-order valence-electron chi connectivity index (χ1n) is 7.94. The van der Waals surface area contributed by atoms with Crippen molar-refractivity contribution < 1.29 is 13.9 Å². The van der Waals surface area contributed by atoms with Gasteiger partial charge in [0.15, 0.2) is 5.75 Å². The Morgan fingerprint density at radius 2 is 1.93 bits per heavy atom. The lowest BCUT2D eigenvalue weighted by atomic mass is 10.2. The maximum Gasteiger partial charge on any atom is 0.260 e. The number of imidazole rings is 1. The first-order chi connectivity index (χ1) is 13.1. The summed E-state index contributed by atoms with van der Waals surface area (Å²) >= 11 is 0. The van der Waals surface area contributed by atoms with Gasteiger partial charge in [0.25, 0.3) is 5.91 Å². The molecule has 0 fully saturated rings. The molecule has 4 aromatic rings. The number of pyridine rings is 2. The SMILES string of the molecule is Cc1ncc(Oc2cc(C(=O)Nc3ccc(F)cn3)c3nccn3c2)cn1. The predicted molar refractivity (Wildman–Crippen MR) is 94.2 cm³/mol. The van der Waals surface area contributed by atoms with Gasteiger partial charge >= 0.3 is 0 Å². The number of nitrogens with zero attached hydrogens (tertiary/aromatic N) is 5. The summed E-state index contributed by atoms with van der Waals surface area (Å²) in [5.74, 6) is 0.760. The number of rotatable bonds is 4. The summed E-state index contributed by atoms with van der Waals surface area (Å²) in [4.78, 5) is 28.9. The second-order valence-corrected chi connectivity index (χ2v) is 5.63. The van der Waals surface area contributed by atoms with E-state index in [2.05, 4.69) is 25.3 Å². The minimum absolute atomic E-state index is 0.226. The zero-order valence-electron chi connectivity index (χ0n) is 14.1. The van der Waals surface area contributed by atoms with Gasteiger partial charge in [-0.25, -0.2) is 24.3 Å². The predicted octanol–water partition coefficient (Wildman–Crippen LogP) is 3.01. The minimum Gasteiger partial charge on any atom is -0.453 e. The Bertz CT molecular complexity index is 1110. The number of aromatic nitrogens is 5. The number of hydrogen-bond donors (Lipinski definition) is 1. The molecule has 0 saturated heterocycles. The lowest BCUT2D eigenvalue weighted by Gasteiger charge is -2.10. The van der Waals surface area contributed by atoms with Crippen LogP contribution in [0.25, 0.3) is 5.65 Å². The van der Waals surface area contributed by atoms with E-state index in [-0.39, 0.29) is 11.4 Å². The van der Waals surface area contributed by atoms with Gasteiger partial charge < -0.3 is 14.5 Å². The first kappa shape index (κ1) is 16.6. The highest BCUT2D eigenvalue weighted by atomic mass is 19.1. The first-order valence-corrected chi connectivity index (χ1v) is 7.94. The van der Waals surface area contributed by atoms with Crippen LogP contribution in [-0.2, 0) is 0 Å². The van der Waals surface area contributed by atoms with Crippen LogP contribution >= 0.6 is 0 Å². The standard InChI is InChI=1S/C18H13FN6O2/c1-11-21-8-14(9-22-11)27-13-6-15(17-20-4-5-25(17)10-13)18(26)24-16-3-2-12(19)7-23-16/h2-10H,1H3,(H,23,24,26). The van der Waals surface area contributed by atoms with E-state index in [1.54, 1.807) is 48.4 Å². The number of carbonyl (C=O) groups excluding carboxylic acids is 1. The number of anilines is 1. The topological polar surface area (TPSA) is 94.3 Å². The molecular formula is C18H13FN6O2. The molecule has 0 atom stereocenters. The fourth-order valence-electron chi connectivity index (χ4n) is 2.43. The zero-order chi connectivity index (χ0) is 18.8. The van der Waals surface area contributed by atoms with Crippen molar-refractivity contribution in [2.45, 2.75) is 6.92 Å². The average molecular weight is 364 g/mol. The summed E-state index contributed by atoms with van der Waals surface area (Å²) in [5, 5.41) is 2.62. The molecule has 0 bridgehead atoms. The van der Waals surface area contributed by atoms with Crippen LogP contribution in [0.1, 0.15) is 16.2 Å². The van der Waals surface area contributed by atoms with Gasteiger partial charge in [0, 0.05) is 12.4 Å². The molecule has 4 heterocycles. The Morgan fingerprint density at radius 3 is 2.67 bits per heavy atom. The van der Waals surface area contributed by atoms with Crippen molar-refractivity contribution in [2.75, 3.05) is 5.32 Å². The summed E-state index contributed by atoms with van der Waals surface area (Å²) in [6, 6.07) is 4.14. The Kier molecular flexibility index (Phi) is 4.17.